The largest absolute Gasteiger partial charge is 0.444 e. The summed E-state index contributed by atoms with van der Waals surface area (Å²) in [5, 5.41) is 24.8. The molecule has 4 heterocycles. The molecule has 4 aromatic heterocycles. The average molecular weight is 772 g/mol. The molecule has 4 rings (SSSR count). The molecule has 16 nitrogen and oxygen atoms in total. The van der Waals surface area contributed by atoms with Crippen LogP contribution in [0.15, 0.2) is 33.4 Å². The van der Waals surface area contributed by atoms with Gasteiger partial charge >= 0.3 is 12.2 Å². The van der Waals surface area contributed by atoms with E-state index in [9.17, 15) is 9.59 Å². The maximum Gasteiger partial charge on any atom is 0.407 e. The maximum absolute atomic E-state index is 11.5. The van der Waals surface area contributed by atoms with Crippen LogP contribution in [-0.4, -0.2) is 79.9 Å². The smallest absolute Gasteiger partial charge is 0.407 e. The summed E-state index contributed by atoms with van der Waals surface area (Å²) in [6, 6.07) is 3.34. The number of pyridine rings is 2. The summed E-state index contributed by atoms with van der Waals surface area (Å²) in [5.41, 5.74) is 5.53. The number of aryl methyl sites for hydroxylation is 2. The van der Waals surface area contributed by atoms with Gasteiger partial charge < -0.3 is 40.0 Å². The Morgan fingerprint density at radius 1 is 0.725 bits per heavy atom. The maximum atomic E-state index is 11.5. The first-order valence-electron chi connectivity index (χ1n) is 15.9. The molecule has 19 heteroatoms. The molecule has 0 aliphatic rings. The third-order valence-corrected chi connectivity index (χ3v) is 6.54. The fourth-order valence-electron chi connectivity index (χ4n) is 3.40. The number of aromatic nitrogens is 6. The number of carbonyl (C=O) groups is 2. The Morgan fingerprint density at radius 2 is 1.20 bits per heavy atom. The van der Waals surface area contributed by atoms with Crippen LogP contribution >= 0.6 is 34.8 Å². The van der Waals surface area contributed by atoms with Gasteiger partial charge in [-0.25, -0.2) is 19.6 Å². The molecule has 280 valence electrons. The van der Waals surface area contributed by atoms with Gasteiger partial charge in [-0.2, -0.15) is 0 Å². The number of nitrogens with one attached hydrogen (secondary N) is 3. The summed E-state index contributed by atoms with van der Waals surface area (Å²) in [4.78, 5) is 30.5. The molecule has 0 unspecified atom stereocenters. The second-order valence-electron chi connectivity index (χ2n) is 12.3. The predicted molar refractivity (Wildman–Crippen MR) is 195 cm³/mol. The third kappa shape index (κ3) is 16.5. The zero-order valence-corrected chi connectivity index (χ0v) is 32.2. The number of nitrogens with two attached hydrogens (primary N) is 1. The van der Waals surface area contributed by atoms with Crippen molar-refractivity contribution in [2.45, 2.75) is 79.4 Å². The van der Waals surface area contributed by atoms with E-state index in [1.54, 1.807) is 24.5 Å². The molecule has 51 heavy (non-hydrogen) atoms. The Balaban J connectivity index is 0.000000294. The van der Waals surface area contributed by atoms with Crippen molar-refractivity contribution in [2.75, 3.05) is 31.5 Å². The highest BCUT2D eigenvalue weighted by molar-refractivity contribution is 6.41. The second kappa shape index (κ2) is 20.6. The van der Waals surface area contributed by atoms with Crippen molar-refractivity contribution in [3.8, 4) is 22.9 Å². The molecule has 0 aliphatic heterocycles. The second-order valence-corrected chi connectivity index (χ2v) is 13.5. The molecule has 2 amide bonds. The summed E-state index contributed by atoms with van der Waals surface area (Å²) >= 11 is 17.7. The number of anilines is 1. The quantitative estimate of drug-likeness (QED) is 0.0968. The Kier molecular flexibility index (Phi) is 17.3. The molecule has 0 saturated carbocycles. The van der Waals surface area contributed by atoms with Crippen molar-refractivity contribution in [2.24, 2.45) is 5.73 Å². The van der Waals surface area contributed by atoms with Crippen LogP contribution in [0.4, 0.5) is 15.4 Å². The molecular weight excluding hydrogens is 727 g/mol. The van der Waals surface area contributed by atoms with Crippen LogP contribution in [0, 0.1) is 0 Å². The lowest BCUT2D eigenvalue weighted by Crippen LogP contribution is -2.35. The SMILES string of the molecule is CC(C)(C)OC(=O)NCCN.CCc1nnc(-c2cnc(Cl)c(Cl)c2)o1.CCc1nnc(-c2cnc(NCCNC(=O)OC(C)(C)C)c(Cl)c2)o1. The number of hydrogen-bond donors (Lipinski definition) is 4. The number of carbonyl (C=O) groups excluding carboxylic acids is 2. The van der Waals surface area contributed by atoms with E-state index in [1.165, 1.54) is 0 Å². The van der Waals surface area contributed by atoms with E-state index in [1.807, 2.05) is 55.4 Å². The minimum absolute atomic E-state index is 0.260. The van der Waals surface area contributed by atoms with Crippen LogP contribution in [-0.2, 0) is 22.3 Å². The summed E-state index contributed by atoms with van der Waals surface area (Å²) in [7, 11) is 0. The first-order valence-corrected chi connectivity index (χ1v) is 17.1. The zero-order valence-electron chi connectivity index (χ0n) is 29.9. The highest BCUT2D eigenvalue weighted by atomic mass is 35.5. The highest BCUT2D eigenvalue weighted by Crippen LogP contribution is 2.27. The Labute approximate surface area is 311 Å². The molecule has 5 N–H and O–H groups in total. The summed E-state index contributed by atoms with van der Waals surface area (Å²) in [6.45, 7) is 16.4. The van der Waals surface area contributed by atoms with Gasteiger partial charge in [-0.15, -0.1) is 20.4 Å². The van der Waals surface area contributed by atoms with Crippen molar-refractivity contribution in [1.29, 1.82) is 0 Å². The number of hydrogen-bond acceptors (Lipinski definition) is 14. The number of nitrogens with zero attached hydrogens (tertiary/aromatic N) is 6. The van der Waals surface area contributed by atoms with Gasteiger partial charge in [0.15, 0.2) is 0 Å². The first-order chi connectivity index (χ1) is 23.9. The minimum Gasteiger partial charge on any atom is -0.444 e. The molecule has 4 aromatic rings. The van der Waals surface area contributed by atoms with Crippen LogP contribution in [0.5, 0.6) is 0 Å². The number of halogens is 3. The van der Waals surface area contributed by atoms with Crippen molar-refractivity contribution in [1.82, 2.24) is 41.0 Å². The number of alkyl carbamates (subject to hydrolysis) is 2. The normalized spacial score (nSPS) is 11.0. The predicted octanol–water partition coefficient (Wildman–Crippen LogP) is 6.75. The molecule has 0 fully saturated rings. The molecule has 0 aliphatic carbocycles. The van der Waals surface area contributed by atoms with Crippen molar-refractivity contribution in [3.05, 3.63) is 51.5 Å². The lowest BCUT2D eigenvalue weighted by atomic mass is 10.2. The van der Waals surface area contributed by atoms with Gasteiger partial charge in [-0.3, -0.25) is 0 Å². The first kappa shape index (κ1) is 42.9. The highest BCUT2D eigenvalue weighted by Gasteiger charge is 2.17. The fourth-order valence-corrected chi connectivity index (χ4v) is 3.90. The monoisotopic (exact) mass is 770 g/mol. The molecule has 0 bridgehead atoms. The van der Waals surface area contributed by atoms with E-state index in [0.29, 0.717) is 89.6 Å². The van der Waals surface area contributed by atoms with Gasteiger partial charge in [0.1, 0.15) is 22.2 Å². The summed E-state index contributed by atoms with van der Waals surface area (Å²) in [6.07, 6.45) is 3.62. The number of rotatable bonds is 10. The van der Waals surface area contributed by atoms with Gasteiger partial charge in [-0.05, 0) is 53.7 Å². The zero-order chi connectivity index (χ0) is 38.2. The van der Waals surface area contributed by atoms with Gasteiger partial charge in [0.25, 0.3) is 0 Å². The lowest BCUT2D eigenvalue weighted by Gasteiger charge is -2.19. The molecule has 0 saturated heterocycles. The van der Waals surface area contributed by atoms with E-state index in [2.05, 4.69) is 46.3 Å². The van der Waals surface area contributed by atoms with Crippen LogP contribution < -0.4 is 21.7 Å². The number of amides is 2. The third-order valence-electron chi connectivity index (χ3n) is 5.57. The summed E-state index contributed by atoms with van der Waals surface area (Å²) in [5.74, 6) is 2.42. The van der Waals surface area contributed by atoms with E-state index in [4.69, 9.17) is 58.8 Å². The van der Waals surface area contributed by atoms with Gasteiger partial charge in [0.2, 0.25) is 23.6 Å². The van der Waals surface area contributed by atoms with Gasteiger partial charge in [-0.1, -0.05) is 48.7 Å². The Bertz CT molecular complexity index is 1690. The lowest BCUT2D eigenvalue weighted by molar-refractivity contribution is 0.0518. The van der Waals surface area contributed by atoms with Gasteiger partial charge in [0.05, 0.1) is 21.2 Å². The van der Waals surface area contributed by atoms with Crippen LogP contribution in [0.3, 0.4) is 0 Å². The minimum atomic E-state index is -0.523. The molecule has 0 spiro atoms. The van der Waals surface area contributed by atoms with Gasteiger partial charge in [0, 0.05) is 51.4 Å². The van der Waals surface area contributed by atoms with Crippen LogP contribution in [0.1, 0.15) is 67.2 Å². The topological polar surface area (TPSA) is 218 Å². The van der Waals surface area contributed by atoms with Crippen molar-refractivity contribution in [3.63, 3.8) is 0 Å². The molecule has 0 atom stereocenters. The van der Waals surface area contributed by atoms with Crippen LogP contribution in [0.25, 0.3) is 22.9 Å². The van der Waals surface area contributed by atoms with Crippen LogP contribution in [0.2, 0.25) is 15.2 Å². The van der Waals surface area contributed by atoms with E-state index in [0.717, 1.165) is 0 Å². The standard InChI is InChI=1S/C16H22ClN5O3.C9H7Cl2N3O.C7H16N2O2/c1-5-12-21-22-14(24-12)10-8-11(17)13(20-9-10)18-6-7-19-15(23)25-16(2,3)4;1-2-7-13-14-9(15-7)5-3-6(10)8(11)12-4-5;1-7(2,3)11-6(10)9-5-4-8/h8-9H,5-7H2,1-4H3,(H,18,20)(H,19,23);3-4H,2H2,1H3;4-5,8H2,1-3H3,(H,9,10). The average Bonchev–Trinajstić information content (AvgIpc) is 3.73. The Morgan fingerprint density at radius 3 is 1.61 bits per heavy atom. The number of ether oxygens (including phenoxy) is 2. The molecule has 0 radical (unpaired) electrons. The molecule has 0 aromatic carbocycles. The Hall–Kier alpha value is -4.25. The fraction of sp³-hybridized carbons (Fsp3) is 0.500. The van der Waals surface area contributed by atoms with Crippen molar-refractivity contribution >= 4 is 52.8 Å². The summed E-state index contributed by atoms with van der Waals surface area (Å²) < 4.78 is 20.9. The molecular formula is C32H45Cl3N10O6. The van der Waals surface area contributed by atoms with E-state index in [-0.39, 0.29) is 5.15 Å². The van der Waals surface area contributed by atoms with E-state index >= 15 is 0 Å². The van der Waals surface area contributed by atoms with E-state index < -0.39 is 23.4 Å². The van der Waals surface area contributed by atoms with Crippen molar-refractivity contribution < 1.29 is 27.9 Å².